The van der Waals surface area contributed by atoms with Crippen molar-refractivity contribution < 1.29 is 28.7 Å². The average molecular weight is 413 g/mol. The highest BCUT2D eigenvalue weighted by Crippen LogP contribution is 2.39. The number of benzene rings is 1. The molecule has 0 radical (unpaired) electrons. The zero-order valence-corrected chi connectivity index (χ0v) is 17.7. The van der Waals surface area contributed by atoms with Crippen molar-refractivity contribution >= 4 is 17.4 Å². The van der Waals surface area contributed by atoms with Crippen LogP contribution in [0.25, 0.3) is 5.76 Å². The van der Waals surface area contributed by atoms with Crippen molar-refractivity contribution in [3.05, 3.63) is 59.6 Å². The van der Waals surface area contributed by atoms with E-state index in [-0.39, 0.29) is 11.3 Å². The van der Waals surface area contributed by atoms with Crippen molar-refractivity contribution in [3.63, 3.8) is 0 Å². The maximum Gasteiger partial charge on any atom is 0.295 e. The number of Topliss-reactive ketones (excluding diaryl/α,β-unsaturated/α-hetero) is 1. The van der Waals surface area contributed by atoms with Gasteiger partial charge in [-0.2, -0.15) is 0 Å². The maximum atomic E-state index is 12.9. The highest BCUT2D eigenvalue weighted by molar-refractivity contribution is 6.46. The van der Waals surface area contributed by atoms with E-state index in [0.29, 0.717) is 30.2 Å². The Bertz CT molecular complexity index is 900. The third kappa shape index (κ3) is 4.57. The van der Waals surface area contributed by atoms with Crippen molar-refractivity contribution in [2.45, 2.75) is 25.8 Å². The van der Waals surface area contributed by atoms with Crippen LogP contribution in [0.1, 0.15) is 37.1 Å². The zero-order valence-electron chi connectivity index (χ0n) is 17.7. The Balaban J connectivity index is 1.95. The van der Waals surface area contributed by atoms with Crippen molar-refractivity contribution in [1.29, 1.82) is 0 Å². The summed E-state index contributed by atoms with van der Waals surface area (Å²) in [5, 5.41) is 11.0. The minimum absolute atomic E-state index is 0.0503. The highest BCUT2D eigenvalue weighted by Gasteiger charge is 2.47. The Morgan fingerprint density at radius 2 is 1.93 bits per heavy atom. The Morgan fingerprint density at radius 3 is 2.53 bits per heavy atom. The number of hydrogen-bond donors (Lipinski definition) is 2. The normalized spacial score (nSPS) is 18.4. The topological polar surface area (TPSA) is 84.4 Å². The van der Waals surface area contributed by atoms with Crippen LogP contribution in [0.15, 0.2) is 52.7 Å². The lowest BCUT2D eigenvalue weighted by atomic mass is 9.99. The number of carbonyl (C=O) groups is 2. The van der Waals surface area contributed by atoms with Gasteiger partial charge in [-0.25, -0.2) is 0 Å². The molecule has 0 aliphatic carbocycles. The Morgan fingerprint density at radius 1 is 1.20 bits per heavy atom. The molecule has 0 spiro atoms. The molecule has 2 aromatic rings. The second kappa shape index (κ2) is 9.63. The van der Waals surface area contributed by atoms with Crippen LogP contribution in [0.3, 0.4) is 0 Å². The van der Waals surface area contributed by atoms with Crippen LogP contribution in [0, 0.1) is 0 Å². The molecule has 0 bridgehead atoms. The Kier molecular flexibility index (Phi) is 6.95. The maximum absolute atomic E-state index is 12.9. The van der Waals surface area contributed by atoms with E-state index in [0.717, 1.165) is 19.4 Å². The zero-order chi connectivity index (χ0) is 21.7. The van der Waals surface area contributed by atoms with E-state index in [1.54, 1.807) is 36.4 Å². The van der Waals surface area contributed by atoms with Crippen molar-refractivity contribution in [3.8, 4) is 5.75 Å². The summed E-state index contributed by atoms with van der Waals surface area (Å²) in [5.74, 6) is -0.386. The van der Waals surface area contributed by atoms with Gasteiger partial charge in [-0.3, -0.25) is 9.59 Å². The molecule has 1 saturated heterocycles. The van der Waals surface area contributed by atoms with Gasteiger partial charge in [-0.05, 0) is 42.8 Å². The molecule has 1 aromatic heterocycles. The highest BCUT2D eigenvalue weighted by atomic mass is 16.5. The summed E-state index contributed by atoms with van der Waals surface area (Å²) >= 11 is 0. The number of carbonyl (C=O) groups excluding carboxylic acids is 2. The first-order valence-electron chi connectivity index (χ1n) is 10.3. The summed E-state index contributed by atoms with van der Waals surface area (Å²) in [6, 6.07) is 9.53. The number of hydrogen-bond acceptors (Lipinski definition) is 5. The summed E-state index contributed by atoms with van der Waals surface area (Å²) in [6.45, 7) is 3.88. The summed E-state index contributed by atoms with van der Waals surface area (Å²) in [4.78, 5) is 28.4. The number of aliphatic hydroxyl groups is 1. The van der Waals surface area contributed by atoms with Gasteiger partial charge in [-0.1, -0.05) is 6.92 Å². The molecular formula is C23H29N2O5+. The molecule has 0 saturated carbocycles. The van der Waals surface area contributed by atoms with Crippen molar-refractivity contribution in [2.75, 3.05) is 33.8 Å². The van der Waals surface area contributed by atoms with Gasteiger partial charge in [0.1, 0.15) is 23.3 Å². The first kappa shape index (κ1) is 21.6. The van der Waals surface area contributed by atoms with Crippen LogP contribution in [0.2, 0.25) is 0 Å². The molecule has 1 atom stereocenters. The van der Waals surface area contributed by atoms with E-state index in [9.17, 15) is 14.7 Å². The average Bonchev–Trinajstić information content (AvgIpc) is 3.34. The number of furan rings is 1. The minimum atomic E-state index is -0.742. The standard InChI is InChI=1S/C23H28N2O5/c1-4-14-29-17-10-8-16(9-11-17)21(26)19-20(18-7-5-15-30-18)25(23(28)22(19)27)13-6-12-24(2)3/h5,7-11,15,20,26H,4,6,12-14H2,1-3H3/p+1/t20-/m0/s1. The molecule has 1 aliphatic heterocycles. The van der Waals surface area contributed by atoms with Crippen LogP contribution >= 0.6 is 0 Å². The monoisotopic (exact) mass is 413 g/mol. The fourth-order valence-corrected chi connectivity index (χ4v) is 3.54. The van der Waals surface area contributed by atoms with Crippen LogP contribution in [0.4, 0.5) is 0 Å². The van der Waals surface area contributed by atoms with Gasteiger partial charge in [0.05, 0.1) is 39.1 Å². The molecule has 30 heavy (non-hydrogen) atoms. The largest absolute Gasteiger partial charge is 0.507 e. The number of quaternary nitrogens is 1. The number of ether oxygens (including phenoxy) is 1. The number of nitrogens with zero attached hydrogens (tertiary/aromatic N) is 1. The third-order valence-corrected chi connectivity index (χ3v) is 5.03. The van der Waals surface area contributed by atoms with Crippen molar-refractivity contribution in [1.82, 2.24) is 4.90 Å². The fraction of sp³-hybridized carbons (Fsp3) is 0.391. The van der Waals surface area contributed by atoms with E-state index in [2.05, 4.69) is 0 Å². The second-order valence-electron chi connectivity index (χ2n) is 7.69. The smallest absolute Gasteiger partial charge is 0.295 e. The molecule has 7 nitrogen and oxygen atoms in total. The lowest BCUT2D eigenvalue weighted by Crippen LogP contribution is -3.05. The SMILES string of the molecule is CCCOc1ccc(C(O)=C2C(=O)C(=O)N(CCC[NH+](C)C)[C@H]2c2ccco2)cc1. The number of nitrogens with one attached hydrogen (secondary N) is 1. The van der Waals surface area contributed by atoms with E-state index < -0.39 is 17.7 Å². The third-order valence-electron chi connectivity index (χ3n) is 5.03. The summed E-state index contributed by atoms with van der Waals surface area (Å²) in [5.41, 5.74) is 0.500. The predicted molar refractivity (Wildman–Crippen MR) is 112 cm³/mol. The fourth-order valence-electron chi connectivity index (χ4n) is 3.54. The van der Waals surface area contributed by atoms with Gasteiger partial charge in [-0.15, -0.1) is 0 Å². The first-order valence-corrected chi connectivity index (χ1v) is 10.3. The molecule has 1 amide bonds. The van der Waals surface area contributed by atoms with Gasteiger partial charge >= 0.3 is 0 Å². The van der Waals surface area contributed by atoms with Crippen LogP contribution in [-0.2, 0) is 9.59 Å². The number of amides is 1. The van der Waals surface area contributed by atoms with Crippen molar-refractivity contribution in [2.24, 2.45) is 0 Å². The molecule has 0 unspecified atom stereocenters. The number of aliphatic hydroxyl groups excluding tert-OH is 1. The number of likely N-dealkylation sites (tertiary alicyclic amines) is 1. The number of rotatable bonds is 9. The summed E-state index contributed by atoms with van der Waals surface area (Å²) < 4.78 is 11.1. The Labute approximate surface area is 176 Å². The van der Waals surface area contributed by atoms with Gasteiger partial charge in [0.15, 0.2) is 0 Å². The molecule has 2 heterocycles. The lowest BCUT2D eigenvalue weighted by Gasteiger charge is -2.23. The van der Waals surface area contributed by atoms with Gasteiger partial charge in [0, 0.05) is 18.5 Å². The molecule has 3 rings (SSSR count). The molecule has 1 aliphatic rings. The summed E-state index contributed by atoms with van der Waals surface area (Å²) in [6.07, 6.45) is 3.12. The quantitative estimate of drug-likeness (QED) is 0.373. The minimum Gasteiger partial charge on any atom is -0.507 e. The van der Waals surface area contributed by atoms with E-state index in [4.69, 9.17) is 9.15 Å². The predicted octanol–water partition coefficient (Wildman–Crippen LogP) is 2.02. The van der Waals surface area contributed by atoms with E-state index >= 15 is 0 Å². The van der Waals surface area contributed by atoms with Crippen LogP contribution in [-0.4, -0.2) is 55.5 Å². The van der Waals surface area contributed by atoms with E-state index in [1.807, 2.05) is 21.0 Å². The molecule has 160 valence electrons. The van der Waals surface area contributed by atoms with Crippen LogP contribution < -0.4 is 9.64 Å². The Hall–Kier alpha value is -3.06. The molecule has 1 aromatic carbocycles. The number of ketones is 1. The first-order chi connectivity index (χ1) is 14.4. The molecule has 7 heteroatoms. The van der Waals surface area contributed by atoms with Gasteiger partial charge in [0.2, 0.25) is 0 Å². The molecule has 1 fully saturated rings. The summed E-state index contributed by atoms with van der Waals surface area (Å²) in [7, 11) is 4.07. The van der Waals surface area contributed by atoms with Crippen LogP contribution in [0.5, 0.6) is 5.75 Å². The molecule has 2 N–H and O–H groups in total. The van der Waals surface area contributed by atoms with Gasteiger partial charge in [0.25, 0.3) is 11.7 Å². The molecular weight excluding hydrogens is 384 g/mol. The van der Waals surface area contributed by atoms with Gasteiger partial charge < -0.3 is 24.1 Å². The second-order valence-corrected chi connectivity index (χ2v) is 7.69. The lowest BCUT2D eigenvalue weighted by molar-refractivity contribution is -0.858. The van der Waals surface area contributed by atoms with E-state index in [1.165, 1.54) is 16.1 Å².